The van der Waals surface area contributed by atoms with Crippen LogP contribution in [0.2, 0.25) is 0 Å². The number of carbonyl (C=O) groups excluding carboxylic acids is 2. The summed E-state index contributed by atoms with van der Waals surface area (Å²) in [5, 5.41) is 13.8. The quantitative estimate of drug-likeness (QED) is 0.838. The van der Waals surface area contributed by atoms with Gasteiger partial charge in [-0.05, 0) is 36.4 Å². The van der Waals surface area contributed by atoms with Crippen molar-refractivity contribution in [1.29, 1.82) is 0 Å². The third-order valence-corrected chi connectivity index (χ3v) is 3.17. The van der Waals surface area contributed by atoms with Crippen LogP contribution in [-0.4, -0.2) is 29.2 Å². The number of carbonyl (C=O) groups is 2. The molecule has 2 aromatic rings. The Morgan fingerprint density at radius 1 is 0.958 bits per heavy atom. The summed E-state index contributed by atoms with van der Waals surface area (Å²) in [6.07, 6.45) is 0. The summed E-state index contributed by atoms with van der Waals surface area (Å²) in [5.74, 6) is 0.396. The second-order valence-electron chi connectivity index (χ2n) is 6.20. The molecule has 0 bridgehead atoms. The predicted octanol–water partition coefficient (Wildman–Crippen LogP) is 2.99. The van der Waals surface area contributed by atoms with Crippen molar-refractivity contribution >= 4 is 29.2 Å². The maximum Gasteiger partial charge on any atom is 0.337 e. The van der Waals surface area contributed by atoms with Crippen LogP contribution in [0.4, 0.5) is 17.3 Å². The van der Waals surface area contributed by atoms with E-state index in [1.54, 1.807) is 36.4 Å². The molecule has 2 N–H and O–H groups in total. The van der Waals surface area contributed by atoms with E-state index in [1.807, 2.05) is 20.8 Å². The molecule has 126 valence electrons. The van der Waals surface area contributed by atoms with Gasteiger partial charge in [-0.3, -0.25) is 4.79 Å². The van der Waals surface area contributed by atoms with Crippen molar-refractivity contribution < 1.29 is 14.3 Å². The van der Waals surface area contributed by atoms with E-state index >= 15 is 0 Å². The highest BCUT2D eigenvalue weighted by Crippen LogP contribution is 2.18. The second-order valence-corrected chi connectivity index (χ2v) is 6.20. The van der Waals surface area contributed by atoms with Crippen LogP contribution in [0.25, 0.3) is 0 Å². The number of ether oxygens (including phenoxy) is 1. The number of hydrogen-bond donors (Lipinski definition) is 2. The molecule has 1 heterocycles. The number of nitrogens with zero attached hydrogens (tertiary/aromatic N) is 2. The number of rotatable bonds is 4. The fourth-order valence-corrected chi connectivity index (χ4v) is 1.72. The van der Waals surface area contributed by atoms with Crippen LogP contribution in [0.15, 0.2) is 36.4 Å². The van der Waals surface area contributed by atoms with E-state index in [9.17, 15) is 9.59 Å². The first kappa shape index (κ1) is 17.4. The number of anilines is 3. The van der Waals surface area contributed by atoms with Crippen molar-refractivity contribution in [2.24, 2.45) is 5.41 Å². The molecule has 0 atom stereocenters. The van der Waals surface area contributed by atoms with Crippen LogP contribution in [0.1, 0.15) is 31.1 Å². The Morgan fingerprint density at radius 3 is 2.04 bits per heavy atom. The highest BCUT2D eigenvalue weighted by atomic mass is 16.5. The zero-order valence-corrected chi connectivity index (χ0v) is 14.1. The lowest BCUT2D eigenvalue weighted by Crippen LogP contribution is -2.28. The smallest absolute Gasteiger partial charge is 0.337 e. The summed E-state index contributed by atoms with van der Waals surface area (Å²) >= 11 is 0. The summed E-state index contributed by atoms with van der Waals surface area (Å²) in [5.41, 5.74) is 0.720. The molecule has 0 radical (unpaired) electrons. The lowest BCUT2D eigenvalue weighted by atomic mass is 9.96. The van der Waals surface area contributed by atoms with Gasteiger partial charge in [0.2, 0.25) is 5.91 Å². The van der Waals surface area contributed by atoms with Crippen LogP contribution in [-0.2, 0) is 9.53 Å². The van der Waals surface area contributed by atoms with Gasteiger partial charge >= 0.3 is 5.97 Å². The Bertz CT molecular complexity index is 719. The first-order chi connectivity index (χ1) is 11.3. The van der Waals surface area contributed by atoms with E-state index in [4.69, 9.17) is 0 Å². The maximum absolute atomic E-state index is 11.9. The summed E-state index contributed by atoms with van der Waals surface area (Å²) in [4.78, 5) is 23.3. The summed E-state index contributed by atoms with van der Waals surface area (Å²) in [6.45, 7) is 5.47. The minimum Gasteiger partial charge on any atom is -0.465 e. The van der Waals surface area contributed by atoms with Gasteiger partial charge in [-0.1, -0.05) is 20.8 Å². The molecular formula is C17H20N4O3. The molecule has 2 rings (SSSR count). The second kappa shape index (κ2) is 7.08. The molecule has 24 heavy (non-hydrogen) atoms. The number of nitrogens with one attached hydrogen (secondary N) is 2. The molecule has 7 heteroatoms. The number of esters is 1. The average Bonchev–Trinajstić information content (AvgIpc) is 2.55. The van der Waals surface area contributed by atoms with E-state index in [0.717, 1.165) is 5.69 Å². The molecule has 0 aliphatic rings. The monoisotopic (exact) mass is 328 g/mol. The molecule has 1 amide bonds. The summed E-state index contributed by atoms with van der Waals surface area (Å²) in [7, 11) is 1.34. The molecule has 0 saturated heterocycles. The average molecular weight is 328 g/mol. The highest BCUT2D eigenvalue weighted by Gasteiger charge is 2.21. The molecule has 0 unspecified atom stereocenters. The molecular weight excluding hydrogens is 308 g/mol. The fourth-order valence-electron chi connectivity index (χ4n) is 1.72. The van der Waals surface area contributed by atoms with Crippen molar-refractivity contribution in [2.75, 3.05) is 17.7 Å². The van der Waals surface area contributed by atoms with Crippen LogP contribution in [0.5, 0.6) is 0 Å². The van der Waals surface area contributed by atoms with Gasteiger partial charge in [-0.2, -0.15) is 0 Å². The lowest BCUT2D eigenvalue weighted by molar-refractivity contribution is -0.123. The van der Waals surface area contributed by atoms with Crippen LogP contribution >= 0.6 is 0 Å². The summed E-state index contributed by atoms with van der Waals surface area (Å²) < 4.78 is 4.65. The molecule has 1 aromatic carbocycles. The highest BCUT2D eigenvalue weighted by molar-refractivity contribution is 5.93. The van der Waals surface area contributed by atoms with Gasteiger partial charge in [0.25, 0.3) is 0 Å². The van der Waals surface area contributed by atoms with Crippen molar-refractivity contribution in [3.05, 3.63) is 42.0 Å². The third kappa shape index (κ3) is 4.52. The minimum atomic E-state index is -0.500. The van der Waals surface area contributed by atoms with E-state index in [1.165, 1.54) is 7.11 Å². The predicted molar refractivity (Wildman–Crippen MR) is 91.2 cm³/mol. The lowest BCUT2D eigenvalue weighted by Gasteiger charge is -2.16. The molecule has 0 spiro atoms. The van der Waals surface area contributed by atoms with Gasteiger partial charge in [0, 0.05) is 11.1 Å². The van der Waals surface area contributed by atoms with Crippen molar-refractivity contribution in [2.45, 2.75) is 20.8 Å². The zero-order chi connectivity index (χ0) is 17.7. The van der Waals surface area contributed by atoms with Crippen molar-refractivity contribution in [1.82, 2.24) is 10.2 Å². The van der Waals surface area contributed by atoms with E-state index in [0.29, 0.717) is 17.2 Å². The Hall–Kier alpha value is -2.96. The SMILES string of the molecule is COC(=O)c1ccc(Nc2ccc(NC(=O)C(C)(C)C)nn2)cc1. The van der Waals surface area contributed by atoms with Gasteiger partial charge in [0.15, 0.2) is 11.6 Å². The maximum atomic E-state index is 11.9. The van der Waals surface area contributed by atoms with Gasteiger partial charge < -0.3 is 15.4 Å². The Labute approximate surface area is 140 Å². The number of hydrogen-bond acceptors (Lipinski definition) is 6. The molecule has 0 aliphatic carbocycles. The molecule has 0 aliphatic heterocycles. The number of methoxy groups -OCH3 is 1. The summed E-state index contributed by atoms with van der Waals surface area (Å²) in [6, 6.07) is 10.2. The number of aromatic nitrogens is 2. The molecule has 1 aromatic heterocycles. The Kier molecular flexibility index (Phi) is 5.13. The number of benzene rings is 1. The van der Waals surface area contributed by atoms with E-state index in [-0.39, 0.29) is 11.9 Å². The Balaban J connectivity index is 2.01. The number of amides is 1. The van der Waals surface area contributed by atoms with Gasteiger partial charge in [0.05, 0.1) is 12.7 Å². The standard InChI is InChI=1S/C17H20N4O3/c1-17(2,3)16(23)19-14-10-9-13(20-21-14)18-12-7-5-11(6-8-12)15(22)24-4/h5-10H,1-4H3,(H,18,20)(H,19,21,23). The molecule has 0 fully saturated rings. The van der Waals surface area contributed by atoms with Gasteiger partial charge in [0.1, 0.15) is 0 Å². The van der Waals surface area contributed by atoms with Gasteiger partial charge in [-0.15, -0.1) is 10.2 Å². The van der Waals surface area contributed by atoms with Crippen molar-refractivity contribution in [3.63, 3.8) is 0 Å². The third-order valence-electron chi connectivity index (χ3n) is 3.17. The first-order valence-electron chi connectivity index (χ1n) is 7.40. The van der Waals surface area contributed by atoms with E-state index < -0.39 is 5.41 Å². The normalized spacial score (nSPS) is 10.8. The van der Waals surface area contributed by atoms with Crippen LogP contribution in [0, 0.1) is 5.41 Å². The fraction of sp³-hybridized carbons (Fsp3) is 0.294. The topological polar surface area (TPSA) is 93.2 Å². The Morgan fingerprint density at radius 2 is 1.54 bits per heavy atom. The zero-order valence-electron chi connectivity index (χ0n) is 14.1. The molecule has 0 saturated carbocycles. The van der Waals surface area contributed by atoms with Crippen LogP contribution < -0.4 is 10.6 Å². The van der Waals surface area contributed by atoms with Crippen molar-refractivity contribution in [3.8, 4) is 0 Å². The minimum absolute atomic E-state index is 0.129. The van der Waals surface area contributed by atoms with E-state index in [2.05, 4.69) is 25.6 Å². The molecule has 7 nitrogen and oxygen atoms in total. The largest absolute Gasteiger partial charge is 0.465 e. The van der Waals surface area contributed by atoms with Crippen LogP contribution in [0.3, 0.4) is 0 Å². The van der Waals surface area contributed by atoms with Gasteiger partial charge in [-0.25, -0.2) is 4.79 Å². The first-order valence-corrected chi connectivity index (χ1v) is 7.40.